The molecule has 0 unspecified atom stereocenters. The lowest BCUT2D eigenvalue weighted by Gasteiger charge is -2.02. The summed E-state index contributed by atoms with van der Waals surface area (Å²) in [5.41, 5.74) is 10.0. The summed E-state index contributed by atoms with van der Waals surface area (Å²) >= 11 is 0. The number of hydrogen-bond donors (Lipinski definition) is 1. The number of nitrogens with two attached hydrogens (primary N) is 1. The maximum Gasteiger partial charge on any atom is 0.259 e. The van der Waals surface area contributed by atoms with Crippen LogP contribution >= 0.6 is 0 Å². The van der Waals surface area contributed by atoms with Gasteiger partial charge in [-0.05, 0) is 42.7 Å². The highest BCUT2D eigenvalue weighted by molar-refractivity contribution is 5.53. The van der Waals surface area contributed by atoms with Crippen molar-refractivity contribution in [2.45, 2.75) is 20.3 Å². The van der Waals surface area contributed by atoms with E-state index in [1.165, 1.54) is 16.7 Å². The van der Waals surface area contributed by atoms with Gasteiger partial charge in [0.1, 0.15) is 5.82 Å². The van der Waals surface area contributed by atoms with Gasteiger partial charge in [0, 0.05) is 12.6 Å². The topological polar surface area (TPSA) is 77.8 Å². The minimum absolute atomic E-state index is 0.460. The molecule has 0 bridgehead atoms. The van der Waals surface area contributed by atoms with Crippen LogP contribution < -0.4 is 5.73 Å². The number of aromatic nitrogens is 3. The quantitative estimate of drug-likeness (QED) is 0.798. The first-order chi connectivity index (χ1) is 10.1. The van der Waals surface area contributed by atoms with E-state index in [0.717, 1.165) is 5.56 Å². The summed E-state index contributed by atoms with van der Waals surface area (Å²) in [5.74, 6) is 1.58. The lowest BCUT2D eigenvalue weighted by molar-refractivity contribution is 0.424. The zero-order valence-corrected chi connectivity index (χ0v) is 12.0. The molecule has 0 spiro atoms. The number of nitrogens with zero attached hydrogens (tertiary/aromatic N) is 3. The molecular weight excluding hydrogens is 264 g/mol. The van der Waals surface area contributed by atoms with Gasteiger partial charge in [0.15, 0.2) is 5.82 Å². The lowest BCUT2D eigenvalue weighted by Crippen LogP contribution is -1.93. The summed E-state index contributed by atoms with van der Waals surface area (Å²) in [6, 6.07) is 9.87. The van der Waals surface area contributed by atoms with Crippen LogP contribution in [0.3, 0.4) is 0 Å². The van der Waals surface area contributed by atoms with Crippen molar-refractivity contribution in [3.05, 3.63) is 59.0 Å². The Bertz CT molecular complexity index is 762. The number of hydrogen-bond acceptors (Lipinski definition) is 5. The van der Waals surface area contributed by atoms with Crippen LogP contribution in [0.4, 0.5) is 5.82 Å². The fraction of sp³-hybridized carbons (Fsp3) is 0.188. The average Bonchev–Trinajstić information content (AvgIpc) is 2.92. The van der Waals surface area contributed by atoms with E-state index in [9.17, 15) is 0 Å². The van der Waals surface area contributed by atoms with Gasteiger partial charge < -0.3 is 10.3 Å². The molecule has 0 amide bonds. The molecule has 0 radical (unpaired) electrons. The van der Waals surface area contributed by atoms with Crippen LogP contribution in [0.15, 0.2) is 41.1 Å². The maximum absolute atomic E-state index is 5.56. The number of anilines is 1. The molecule has 0 aliphatic heterocycles. The van der Waals surface area contributed by atoms with Gasteiger partial charge in [-0.3, -0.25) is 0 Å². The molecule has 3 rings (SSSR count). The van der Waals surface area contributed by atoms with E-state index in [1.807, 2.05) is 6.07 Å². The molecule has 5 nitrogen and oxygen atoms in total. The number of nitrogen functional groups attached to an aromatic ring is 1. The smallest absolute Gasteiger partial charge is 0.259 e. The first kappa shape index (κ1) is 13.3. The van der Waals surface area contributed by atoms with Gasteiger partial charge in [0.25, 0.3) is 5.89 Å². The molecular formula is C16H16N4O. The Balaban J connectivity index is 1.81. The largest absolute Gasteiger partial charge is 0.384 e. The average molecular weight is 280 g/mol. The molecule has 2 aromatic heterocycles. The van der Waals surface area contributed by atoms with Crippen LogP contribution in [0.25, 0.3) is 11.5 Å². The standard InChI is InChI=1S/C16H16N4O/c1-10-3-4-12(7-11(10)2)8-15-19-16(21-20-15)13-5-6-14(17)18-9-13/h3-7,9H,8H2,1-2H3,(H2,17,18). The molecule has 0 saturated carbocycles. The fourth-order valence-corrected chi connectivity index (χ4v) is 2.07. The molecule has 5 heteroatoms. The van der Waals surface area contributed by atoms with Crippen molar-refractivity contribution >= 4 is 5.82 Å². The van der Waals surface area contributed by atoms with E-state index < -0.39 is 0 Å². The zero-order chi connectivity index (χ0) is 14.8. The van der Waals surface area contributed by atoms with Gasteiger partial charge in [-0.15, -0.1) is 0 Å². The second-order valence-corrected chi connectivity index (χ2v) is 5.08. The normalized spacial score (nSPS) is 10.8. The molecule has 0 atom stereocenters. The van der Waals surface area contributed by atoms with Gasteiger partial charge in [-0.2, -0.15) is 4.98 Å². The SMILES string of the molecule is Cc1ccc(Cc2noc(-c3ccc(N)nc3)n2)cc1C. The van der Waals surface area contributed by atoms with E-state index in [2.05, 4.69) is 47.2 Å². The van der Waals surface area contributed by atoms with E-state index in [0.29, 0.717) is 24.0 Å². The molecule has 0 aliphatic carbocycles. The summed E-state index contributed by atoms with van der Waals surface area (Å²) in [5, 5.41) is 4.02. The molecule has 1 aromatic carbocycles. The summed E-state index contributed by atoms with van der Waals surface area (Å²) in [6.45, 7) is 4.19. The van der Waals surface area contributed by atoms with Gasteiger partial charge in [0.05, 0.1) is 5.56 Å². The summed E-state index contributed by atoms with van der Waals surface area (Å²) < 4.78 is 5.27. The van der Waals surface area contributed by atoms with Crippen LogP contribution in [0.1, 0.15) is 22.5 Å². The van der Waals surface area contributed by atoms with Gasteiger partial charge in [0.2, 0.25) is 0 Å². The van der Waals surface area contributed by atoms with Crippen molar-refractivity contribution < 1.29 is 4.52 Å². The monoisotopic (exact) mass is 280 g/mol. The van der Waals surface area contributed by atoms with E-state index in [4.69, 9.17) is 10.3 Å². The third-order valence-corrected chi connectivity index (χ3v) is 3.43. The maximum atomic E-state index is 5.56. The molecule has 2 heterocycles. The Morgan fingerprint density at radius 1 is 1.10 bits per heavy atom. The highest BCUT2D eigenvalue weighted by Crippen LogP contribution is 2.18. The van der Waals surface area contributed by atoms with Crippen LogP contribution in [0.2, 0.25) is 0 Å². The van der Waals surface area contributed by atoms with Gasteiger partial charge >= 0.3 is 0 Å². The van der Waals surface area contributed by atoms with Gasteiger partial charge in [-0.25, -0.2) is 4.98 Å². The minimum Gasteiger partial charge on any atom is -0.384 e. The lowest BCUT2D eigenvalue weighted by atomic mass is 10.0. The minimum atomic E-state index is 0.460. The van der Waals surface area contributed by atoms with Crippen LogP contribution in [0, 0.1) is 13.8 Å². The second kappa shape index (κ2) is 5.36. The zero-order valence-electron chi connectivity index (χ0n) is 12.0. The van der Waals surface area contributed by atoms with Crippen molar-refractivity contribution in [1.82, 2.24) is 15.1 Å². The molecule has 0 aliphatic rings. The summed E-state index contributed by atoms with van der Waals surface area (Å²) in [4.78, 5) is 8.42. The first-order valence-corrected chi connectivity index (χ1v) is 6.72. The first-order valence-electron chi connectivity index (χ1n) is 6.72. The van der Waals surface area contributed by atoms with Crippen molar-refractivity contribution in [3.8, 4) is 11.5 Å². The second-order valence-electron chi connectivity index (χ2n) is 5.08. The van der Waals surface area contributed by atoms with Crippen LogP contribution in [-0.2, 0) is 6.42 Å². The number of benzene rings is 1. The number of pyridine rings is 1. The molecule has 0 saturated heterocycles. The van der Waals surface area contributed by atoms with Crippen molar-refractivity contribution in [1.29, 1.82) is 0 Å². The Morgan fingerprint density at radius 3 is 2.67 bits per heavy atom. The van der Waals surface area contributed by atoms with Gasteiger partial charge in [-0.1, -0.05) is 23.4 Å². The van der Waals surface area contributed by atoms with E-state index in [-0.39, 0.29) is 0 Å². The van der Waals surface area contributed by atoms with Crippen molar-refractivity contribution in [3.63, 3.8) is 0 Å². The molecule has 2 N–H and O–H groups in total. The number of rotatable bonds is 3. The number of aryl methyl sites for hydroxylation is 2. The van der Waals surface area contributed by atoms with Crippen molar-refractivity contribution in [2.75, 3.05) is 5.73 Å². The molecule has 3 aromatic rings. The Kier molecular flexibility index (Phi) is 3.39. The third-order valence-electron chi connectivity index (χ3n) is 3.43. The Labute approximate surface area is 122 Å². The predicted molar refractivity (Wildman–Crippen MR) is 80.7 cm³/mol. The summed E-state index contributed by atoms with van der Waals surface area (Å²) in [7, 11) is 0. The molecule has 0 fully saturated rings. The van der Waals surface area contributed by atoms with Crippen molar-refractivity contribution in [2.24, 2.45) is 0 Å². The van der Waals surface area contributed by atoms with E-state index >= 15 is 0 Å². The predicted octanol–water partition coefficient (Wildman–Crippen LogP) is 2.92. The highest BCUT2D eigenvalue weighted by Gasteiger charge is 2.10. The van der Waals surface area contributed by atoms with Crippen LogP contribution in [-0.4, -0.2) is 15.1 Å². The van der Waals surface area contributed by atoms with Crippen LogP contribution in [0.5, 0.6) is 0 Å². The summed E-state index contributed by atoms with van der Waals surface area (Å²) in [6.07, 6.45) is 2.27. The highest BCUT2D eigenvalue weighted by atomic mass is 16.5. The molecule has 21 heavy (non-hydrogen) atoms. The fourth-order valence-electron chi connectivity index (χ4n) is 2.07. The van der Waals surface area contributed by atoms with E-state index in [1.54, 1.807) is 12.3 Å². The third kappa shape index (κ3) is 2.91. The Hall–Kier alpha value is -2.69. The Morgan fingerprint density at radius 2 is 1.95 bits per heavy atom. The molecule has 106 valence electrons.